The van der Waals surface area contributed by atoms with Gasteiger partial charge in [0.15, 0.2) is 0 Å². The molecule has 1 aliphatic carbocycles. The molecule has 41 heavy (non-hydrogen) atoms. The van der Waals surface area contributed by atoms with Crippen LogP contribution in [-0.4, -0.2) is 65.1 Å². The van der Waals surface area contributed by atoms with Crippen molar-refractivity contribution in [1.82, 2.24) is 24.8 Å². The van der Waals surface area contributed by atoms with Crippen molar-refractivity contribution in [3.05, 3.63) is 70.9 Å². The van der Waals surface area contributed by atoms with Gasteiger partial charge in [-0.2, -0.15) is 0 Å². The molecule has 0 atom stereocenters. The first-order valence-corrected chi connectivity index (χ1v) is 13.6. The van der Waals surface area contributed by atoms with E-state index in [0.717, 1.165) is 29.2 Å². The number of hydrogen-bond donors (Lipinski definition) is 2. The zero-order valence-corrected chi connectivity index (χ0v) is 23.8. The Labute approximate surface area is 243 Å². The molecule has 1 fully saturated rings. The van der Waals surface area contributed by atoms with Crippen molar-refractivity contribution in [3.8, 4) is 23.5 Å². The van der Waals surface area contributed by atoms with Gasteiger partial charge in [-0.15, -0.1) is 0 Å². The Balaban J connectivity index is 1.33. The van der Waals surface area contributed by atoms with Gasteiger partial charge in [-0.05, 0) is 44.0 Å². The van der Waals surface area contributed by atoms with Gasteiger partial charge in [-0.3, -0.25) is 9.69 Å². The van der Waals surface area contributed by atoms with Crippen molar-refractivity contribution in [1.29, 1.82) is 0 Å². The summed E-state index contributed by atoms with van der Waals surface area (Å²) in [5.41, 5.74) is 2.24. The molecule has 0 radical (unpaired) electrons. The van der Waals surface area contributed by atoms with Crippen LogP contribution in [0.5, 0.6) is 11.6 Å². The average Bonchev–Trinajstić information content (AvgIpc) is 3.82. The lowest BCUT2D eigenvalue weighted by Crippen LogP contribution is -2.24. The molecular weight excluding hydrogens is 542 g/mol. The molecule has 0 aromatic carbocycles. The van der Waals surface area contributed by atoms with Crippen LogP contribution in [0.4, 0.5) is 11.6 Å². The number of hydrogen-bond acceptors (Lipinski definition) is 9. The van der Waals surface area contributed by atoms with Crippen LogP contribution in [0.25, 0.3) is 10.8 Å². The summed E-state index contributed by atoms with van der Waals surface area (Å²) in [5, 5.41) is 8.04. The fourth-order valence-electron chi connectivity index (χ4n) is 4.21. The lowest BCUT2D eigenvalue weighted by Gasteiger charge is -2.18. The van der Waals surface area contributed by atoms with E-state index in [4.69, 9.17) is 21.1 Å². The van der Waals surface area contributed by atoms with Crippen molar-refractivity contribution >= 4 is 39.9 Å². The number of likely N-dealkylation sites (N-methyl/N-ethyl adjacent to an activating group) is 1. The van der Waals surface area contributed by atoms with E-state index < -0.39 is 0 Å². The summed E-state index contributed by atoms with van der Waals surface area (Å²) in [7, 11) is 5.42. The van der Waals surface area contributed by atoms with Gasteiger partial charge in [-0.25, -0.2) is 19.9 Å². The number of pyridine rings is 4. The summed E-state index contributed by atoms with van der Waals surface area (Å²) in [4.78, 5) is 31.9. The normalized spacial score (nSPS) is 12.5. The first-order valence-electron chi connectivity index (χ1n) is 13.2. The standard InChI is InChI=1S/C30H30ClN7O3/c1-32-29-24-16-34-27(37-30(39)19-7-8-19)14-23(24)20(15-35-29)9-10-22-13-21(25(40-3)17-33-22)18-38(2)11-12-41-28-6-4-5-26(31)36-28/h4-6,13-17,19H,7-8,11-12,18H2,1-3H3,(H,32,35)(H,34,37,39). The van der Waals surface area contributed by atoms with E-state index in [1.54, 1.807) is 50.9 Å². The van der Waals surface area contributed by atoms with E-state index in [1.165, 1.54) is 0 Å². The Morgan fingerprint density at radius 2 is 1.98 bits per heavy atom. The Kier molecular flexibility index (Phi) is 8.77. The van der Waals surface area contributed by atoms with Crippen LogP contribution in [0.15, 0.2) is 48.9 Å². The van der Waals surface area contributed by atoms with Crippen molar-refractivity contribution in [2.75, 3.05) is 45.0 Å². The largest absolute Gasteiger partial charge is 0.495 e. The third kappa shape index (κ3) is 7.20. The molecule has 0 spiro atoms. The quantitative estimate of drug-likeness (QED) is 0.211. The second-order valence-electron chi connectivity index (χ2n) is 9.67. The Hall–Kier alpha value is -4.46. The third-order valence-corrected chi connectivity index (χ3v) is 6.76. The van der Waals surface area contributed by atoms with E-state index in [-0.39, 0.29) is 11.8 Å². The van der Waals surface area contributed by atoms with E-state index in [9.17, 15) is 4.79 Å². The summed E-state index contributed by atoms with van der Waals surface area (Å²) in [5.74, 6) is 8.80. The highest BCUT2D eigenvalue weighted by molar-refractivity contribution is 6.29. The summed E-state index contributed by atoms with van der Waals surface area (Å²) in [6.07, 6.45) is 6.93. The number of methoxy groups -OCH3 is 1. The first kappa shape index (κ1) is 28.1. The molecule has 10 nitrogen and oxygen atoms in total. The molecule has 0 unspecified atom stereocenters. The maximum atomic E-state index is 12.3. The van der Waals surface area contributed by atoms with Gasteiger partial charge >= 0.3 is 0 Å². The number of nitrogens with one attached hydrogen (secondary N) is 2. The number of amides is 1. The van der Waals surface area contributed by atoms with Crippen LogP contribution in [0.1, 0.15) is 29.7 Å². The average molecular weight is 572 g/mol. The van der Waals surface area contributed by atoms with Gasteiger partial charge in [0.05, 0.1) is 18.9 Å². The molecule has 11 heteroatoms. The number of nitrogens with zero attached hydrogens (tertiary/aromatic N) is 5. The number of anilines is 2. The van der Waals surface area contributed by atoms with Crippen LogP contribution in [0.2, 0.25) is 5.15 Å². The van der Waals surface area contributed by atoms with Gasteiger partial charge in [0.2, 0.25) is 11.8 Å². The summed E-state index contributed by atoms with van der Waals surface area (Å²) in [6, 6.07) is 9.04. The lowest BCUT2D eigenvalue weighted by atomic mass is 10.1. The molecule has 210 valence electrons. The fraction of sp³-hybridized carbons (Fsp3) is 0.300. The molecule has 4 aromatic rings. The maximum absolute atomic E-state index is 12.3. The molecule has 0 aliphatic heterocycles. The molecule has 1 amide bonds. The minimum atomic E-state index is 0.00000245. The highest BCUT2D eigenvalue weighted by Gasteiger charge is 2.29. The zero-order valence-electron chi connectivity index (χ0n) is 23.1. The van der Waals surface area contributed by atoms with Gasteiger partial charge in [-0.1, -0.05) is 23.6 Å². The molecular formula is C30H30ClN7O3. The SMILES string of the molecule is CNc1ncc(C#Cc2cc(CN(C)CCOc3cccc(Cl)n3)c(OC)cn2)c2cc(NC(=O)C3CC3)ncc12. The fourth-order valence-corrected chi connectivity index (χ4v) is 4.37. The predicted octanol–water partition coefficient (Wildman–Crippen LogP) is 4.38. The monoisotopic (exact) mass is 571 g/mol. The van der Waals surface area contributed by atoms with Crippen LogP contribution < -0.4 is 20.1 Å². The highest BCUT2D eigenvalue weighted by Crippen LogP contribution is 2.31. The van der Waals surface area contributed by atoms with Crippen molar-refractivity contribution in [2.45, 2.75) is 19.4 Å². The maximum Gasteiger partial charge on any atom is 0.228 e. The van der Waals surface area contributed by atoms with Crippen LogP contribution in [0, 0.1) is 17.8 Å². The van der Waals surface area contributed by atoms with Gasteiger partial charge in [0, 0.05) is 60.9 Å². The van der Waals surface area contributed by atoms with E-state index >= 15 is 0 Å². The van der Waals surface area contributed by atoms with Crippen molar-refractivity contribution < 1.29 is 14.3 Å². The van der Waals surface area contributed by atoms with Crippen LogP contribution in [-0.2, 0) is 11.3 Å². The highest BCUT2D eigenvalue weighted by atomic mass is 35.5. The van der Waals surface area contributed by atoms with Crippen molar-refractivity contribution in [2.24, 2.45) is 5.92 Å². The topological polar surface area (TPSA) is 114 Å². The van der Waals surface area contributed by atoms with Gasteiger partial charge < -0.3 is 20.1 Å². The Bertz CT molecular complexity index is 1630. The van der Waals surface area contributed by atoms with E-state index in [2.05, 4.69) is 47.3 Å². The van der Waals surface area contributed by atoms with E-state index in [0.29, 0.717) is 59.4 Å². The summed E-state index contributed by atoms with van der Waals surface area (Å²) < 4.78 is 11.3. The first-order chi connectivity index (χ1) is 19.9. The number of carbonyl (C=O) groups excluding carboxylic acids is 1. The minimum Gasteiger partial charge on any atom is -0.495 e. The number of ether oxygens (including phenoxy) is 2. The molecule has 5 rings (SSSR count). The Morgan fingerprint density at radius 3 is 2.73 bits per heavy atom. The number of rotatable bonds is 10. The molecule has 2 N–H and O–H groups in total. The smallest absolute Gasteiger partial charge is 0.228 e. The third-order valence-electron chi connectivity index (χ3n) is 6.55. The van der Waals surface area contributed by atoms with Crippen LogP contribution >= 0.6 is 11.6 Å². The second-order valence-corrected chi connectivity index (χ2v) is 10.1. The zero-order chi connectivity index (χ0) is 28.8. The molecule has 1 saturated carbocycles. The number of fused-ring (bicyclic) bond motifs is 1. The minimum absolute atomic E-state index is 0.00000245. The molecule has 1 aliphatic rings. The van der Waals surface area contributed by atoms with Crippen LogP contribution in [0.3, 0.4) is 0 Å². The molecule has 0 saturated heterocycles. The number of aromatic nitrogens is 4. The van der Waals surface area contributed by atoms with Gasteiger partial charge in [0.1, 0.15) is 34.8 Å². The van der Waals surface area contributed by atoms with E-state index in [1.807, 2.05) is 19.2 Å². The molecule has 0 bridgehead atoms. The second kappa shape index (κ2) is 12.8. The van der Waals surface area contributed by atoms with Gasteiger partial charge in [0.25, 0.3) is 0 Å². The number of carbonyl (C=O) groups is 1. The molecule has 4 aromatic heterocycles. The number of halogens is 1. The summed E-state index contributed by atoms with van der Waals surface area (Å²) in [6.45, 7) is 1.71. The summed E-state index contributed by atoms with van der Waals surface area (Å²) >= 11 is 5.93. The predicted molar refractivity (Wildman–Crippen MR) is 158 cm³/mol. The van der Waals surface area contributed by atoms with Crippen molar-refractivity contribution in [3.63, 3.8) is 0 Å². The lowest BCUT2D eigenvalue weighted by molar-refractivity contribution is -0.117. The Morgan fingerprint density at radius 1 is 1.12 bits per heavy atom. The molecule has 4 heterocycles.